The minimum atomic E-state index is -0.206. The lowest BCUT2D eigenvalue weighted by Crippen LogP contribution is -2.62. The molecule has 2 atom stereocenters. The van der Waals surface area contributed by atoms with Gasteiger partial charge < -0.3 is 10.6 Å². The SMILES string of the molecule is Cc1ccc(N2C(=O)C(CN)N(C)CC2C)cc1. The van der Waals surface area contributed by atoms with E-state index in [0.717, 1.165) is 12.2 Å². The molecule has 2 rings (SSSR count). The first-order chi connectivity index (χ1) is 8.54. The molecule has 1 heterocycles. The summed E-state index contributed by atoms with van der Waals surface area (Å²) in [4.78, 5) is 16.4. The molecule has 4 heteroatoms. The Morgan fingerprint density at radius 1 is 1.33 bits per heavy atom. The number of benzene rings is 1. The number of rotatable bonds is 2. The maximum Gasteiger partial charge on any atom is 0.245 e. The second-order valence-corrected chi connectivity index (χ2v) is 5.08. The van der Waals surface area contributed by atoms with E-state index in [2.05, 4.69) is 6.92 Å². The molecule has 4 nitrogen and oxygen atoms in total. The lowest BCUT2D eigenvalue weighted by Gasteiger charge is -2.42. The molecule has 98 valence electrons. The molecule has 2 unspecified atom stereocenters. The summed E-state index contributed by atoms with van der Waals surface area (Å²) in [5.74, 6) is 0.0996. The Labute approximate surface area is 108 Å². The number of nitrogens with zero attached hydrogens (tertiary/aromatic N) is 2. The second kappa shape index (κ2) is 5.08. The highest BCUT2D eigenvalue weighted by Crippen LogP contribution is 2.23. The average Bonchev–Trinajstić information content (AvgIpc) is 2.31. The highest BCUT2D eigenvalue weighted by Gasteiger charge is 2.36. The lowest BCUT2D eigenvalue weighted by atomic mass is 10.1. The first kappa shape index (κ1) is 13.1. The van der Waals surface area contributed by atoms with Gasteiger partial charge in [0, 0.05) is 24.8 Å². The third-order valence-electron chi connectivity index (χ3n) is 3.58. The molecule has 1 saturated heterocycles. The molecule has 0 aliphatic carbocycles. The smallest absolute Gasteiger partial charge is 0.245 e. The molecule has 18 heavy (non-hydrogen) atoms. The van der Waals surface area contributed by atoms with E-state index in [0.29, 0.717) is 6.54 Å². The molecular weight excluding hydrogens is 226 g/mol. The highest BCUT2D eigenvalue weighted by molar-refractivity contribution is 5.98. The van der Waals surface area contributed by atoms with Crippen LogP contribution in [0.1, 0.15) is 12.5 Å². The standard InChI is InChI=1S/C14H21N3O/c1-10-4-6-12(7-5-10)17-11(2)9-16(3)13(8-15)14(17)18/h4-7,11,13H,8-9,15H2,1-3H3. The van der Waals surface area contributed by atoms with Crippen LogP contribution in [0.15, 0.2) is 24.3 Å². The summed E-state index contributed by atoms with van der Waals surface area (Å²) in [6.07, 6.45) is 0. The van der Waals surface area contributed by atoms with Crippen molar-refractivity contribution in [3.63, 3.8) is 0 Å². The number of hydrogen-bond donors (Lipinski definition) is 1. The van der Waals surface area contributed by atoms with E-state index in [4.69, 9.17) is 5.73 Å². The fraction of sp³-hybridized carbons (Fsp3) is 0.500. The number of aryl methyl sites for hydroxylation is 1. The zero-order valence-corrected chi connectivity index (χ0v) is 11.3. The summed E-state index contributed by atoms with van der Waals surface area (Å²) < 4.78 is 0. The molecule has 1 aliphatic heterocycles. The van der Waals surface area contributed by atoms with E-state index in [1.165, 1.54) is 5.56 Å². The van der Waals surface area contributed by atoms with Crippen LogP contribution in [0.3, 0.4) is 0 Å². The maximum absolute atomic E-state index is 12.5. The van der Waals surface area contributed by atoms with Crippen molar-refractivity contribution >= 4 is 11.6 Å². The van der Waals surface area contributed by atoms with Gasteiger partial charge in [0.25, 0.3) is 0 Å². The van der Waals surface area contributed by atoms with Crippen molar-refractivity contribution in [3.05, 3.63) is 29.8 Å². The lowest BCUT2D eigenvalue weighted by molar-refractivity contribution is -0.125. The van der Waals surface area contributed by atoms with E-state index in [1.807, 2.05) is 48.0 Å². The van der Waals surface area contributed by atoms with Gasteiger partial charge in [0.05, 0.1) is 0 Å². The Balaban J connectivity index is 2.30. The molecule has 2 N–H and O–H groups in total. The Morgan fingerprint density at radius 3 is 2.50 bits per heavy atom. The van der Waals surface area contributed by atoms with Crippen LogP contribution >= 0.6 is 0 Å². The third kappa shape index (κ3) is 2.26. The highest BCUT2D eigenvalue weighted by atomic mass is 16.2. The van der Waals surface area contributed by atoms with Crippen molar-refractivity contribution in [1.29, 1.82) is 0 Å². The van der Waals surface area contributed by atoms with Gasteiger partial charge in [-0.2, -0.15) is 0 Å². The Morgan fingerprint density at radius 2 is 1.94 bits per heavy atom. The molecule has 0 radical (unpaired) electrons. The van der Waals surface area contributed by atoms with Crippen molar-refractivity contribution < 1.29 is 4.79 Å². The van der Waals surface area contributed by atoms with Gasteiger partial charge in [-0.15, -0.1) is 0 Å². The van der Waals surface area contributed by atoms with Gasteiger partial charge in [0.2, 0.25) is 5.91 Å². The molecule has 1 fully saturated rings. The first-order valence-corrected chi connectivity index (χ1v) is 6.34. The summed E-state index contributed by atoms with van der Waals surface area (Å²) >= 11 is 0. The molecule has 1 aromatic carbocycles. The average molecular weight is 247 g/mol. The van der Waals surface area contributed by atoms with Crippen LogP contribution in [0.5, 0.6) is 0 Å². The molecule has 0 bridgehead atoms. The van der Waals surface area contributed by atoms with Crippen molar-refractivity contribution in [2.75, 3.05) is 25.0 Å². The zero-order valence-electron chi connectivity index (χ0n) is 11.3. The Hall–Kier alpha value is -1.39. The Bertz CT molecular complexity index is 429. The van der Waals surface area contributed by atoms with Crippen molar-refractivity contribution in [2.45, 2.75) is 25.9 Å². The maximum atomic E-state index is 12.5. The van der Waals surface area contributed by atoms with Gasteiger partial charge in [-0.05, 0) is 33.0 Å². The number of carbonyl (C=O) groups excluding carboxylic acids is 1. The second-order valence-electron chi connectivity index (χ2n) is 5.08. The van der Waals surface area contributed by atoms with Crippen molar-refractivity contribution in [1.82, 2.24) is 4.90 Å². The van der Waals surface area contributed by atoms with E-state index >= 15 is 0 Å². The van der Waals surface area contributed by atoms with E-state index in [1.54, 1.807) is 0 Å². The van der Waals surface area contributed by atoms with Crippen LogP contribution < -0.4 is 10.6 Å². The molecule has 0 saturated carbocycles. The molecule has 0 spiro atoms. The molecule has 1 amide bonds. The van der Waals surface area contributed by atoms with Gasteiger partial charge in [0.1, 0.15) is 6.04 Å². The first-order valence-electron chi connectivity index (χ1n) is 6.34. The number of piperazine rings is 1. The van der Waals surface area contributed by atoms with Crippen LogP contribution in [0.4, 0.5) is 5.69 Å². The summed E-state index contributed by atoms with van der Waals surface area (Å²) in [7, 11) is 1.96. The monoisotopic (exact) mass is 247 g/mol. The minimum absolute atomic E-state index is 0.0996. The predicted molar refractivity (Wildman–Crippen MR) is 73.6 cm³/mol. The van der Waals surface area contributed by atoms with Gasteiger partial charge >= 0.3 is 0 Å². The minimum Gasteiger partial charge on any atom is -0.328 e. The van der Waals surface area contributed by atoms with E-state index < -0.39 is 0 Å². The number of likely N-dealkylation sites (N-methyl/N-ethyl adjacent to an activating group) is 1. The number of anilines is 1. The van der Waals surface area contributed by atoms with Crippen molar-refractivity contribution in [3.8, 4) is 0 Å². The number of amides is 1. The zero-order chi connectivity index (χ0) is 13.3. The fourth-order valence-corrected chi connectivity index (χ4v) is 2.56. The summed E-state index contributed by atoms with van der Waals surface area (Å²) in [5, 5.41) is 0. The van der Waals surface area contributed by atoms with Crippen LogP contribution in [0.25, 0.3) is 0 Å². The van der Waals surface area contributed by atoms with E-state index in [9.17, 15) is 4.79 Å². The van der Waals surface area contributed by atoms with Gasteiger partial charge in [-0.3, -0.25) is 9.69 Å². The summed E-state index contributed by atoms with van der Waals surface area (Å²) in [5.41, 5.74) is 7.86. The van der Waals surface area contributed by atoms with Crippen LogP contribution in [-0.2, 0) is 4.79 Å². The van der Waals surface area contributed by atoms with Crippen LogP contribution in [0.2, 0.25) is 0 Å². The molecule has 0 aromatic heterocycles. The normalized spacial score (nSPS) is 25.6. The molecule has 1 aromatic rings. The third-order valence-corrected chi connectivity index (χ3v) is 3.58. The number of carbonyl (C=O) groups is 1. The van der Waals surface area contributed by atoms with Gasteiger partial charge in [-0.25, -0.2) is 0 Å². The topological polar surface area (TPSA) is 49.6 Å². The van der Waals surface area contributed by atoms with Crippen LogP contribution in [-0.4, -0.2) is 43.0 Å². The van der Waals surface area contributed by atoms with Crippen molar-refractivity contribution in [2.24, 2.45) is 5.73 Å². The number of nitrogens with two attached hydrogens (primary N) is 1. The van der Waals surface area contributed by atoms with Gasteiger partial charge in [0.15, 0.2) is 0 Å². The van der Waals surface area contributed by atoms with Gasteiger partial charge in [-0.1, -0.05) is 17.7 Å². The fourth-order valence-electron chi connectivity index (χ4n) is 2.56. The predicted octanol–water partition coefficient (Wildman–Crippen LogP) is 0.989. The quantitative estimate of drug-likeness (QED) is 0.848. The molecule has 1 aliphatic rings. The molecular formula is C14H21N3O. The largest absolute Gasteiger partial charge is 0.328 e. The van der Waals surface area contributed by atoms with E-state index in [-0.39, 0.29) is 18.0 Å². The van der Waals surface area contributed by atoms with Crippen LogP contribution in [0, 0.1) is 6.92 Å². The summed E-state index contributed by atoms with van der Waals surface area (Å²) in [6.45, 7) is 5.33. The summed E-state index contributed by atoms with van der Waals surface area (Å²) in [6, 6.07) is 8.04. The Kier molecular flexibility index (Phi) is 3.68. The number of hydrogen-bond acceptors (Lipinski definition) is 3.